The predicted octanol–water partition coefficient (Wildman–Crippen LogP) is 4.32. The molecule has 182 valence electrons. The van der Waals surface area contributed by atoms with Gasteiger partial charge in [0.1, 0.15) is 17.1 Å². The van der Waals surface area contributed by atoms with Crippen molar-refractivity contribution in [2.75, 3.05) is 19.8 Å². The Kier molecular flexibility index (Phi) is 8.78. The first-order chi connectivity index (χ1) is 15.9. The lowest BCUT2D eigenvalue weighted by Gasteiger charge is -2.12. The number of carbonyl (C=O) groups excluding carboxylic acids is 3. The van der Waals surface area contributed by atoms with E-state index in [1.165, 1.54) is 6.92 Å². The lowest BCUT2D eigenvalue weighted by molar-refractivity contribution is -0.385. The standard InChI is InChI=1S/C20H15ClF3NO9/c1-2-31-17(26)9-32-18(27)10-33-19(28)13-8-12(4-5-15(13)25(29)30)34-16-6-3-11(7-14(16)21)20(22,23)24/h3-8H,2,9-10H2,1H3. The third kappa shape index (κ3) is 7.33. The number of halogens is 4. The van der Waals surface area contributed by atoms with Gasteiger partial charge in [0.05, 0.1) is 22.1 Å². The van der Waals surface area contributed by atoms with Gasteiger partial charge in [0, 0.05) is 12.1 Å². The van der Waals surface area contributed by atoms with E-state index in [1.807, 2.05) is 0 Å². The summed E-state index contributed by atoms with van der Waals surface area (Å²) in [5, 5.41) is 10.8. The van der Waals surface area contributed by atoms with Gasteiger partial charge in [-0.2, -0.15) is 13.2 Å². The van der Waals surface area contributed by atoms with Crippen molar-refractivity contribution in [1.82, 2.24) is 0 Å². The number of rotatable bonds is 9. The normalized spacial score (nSPS) is 10.9. The van der Waals surface area contributed by atoms with E-state index in [-0.39, 0.29) is 18.1 Å². The van der Waals surface area contributed by atoms with Gasteiger partial charge in [-0.15, -0.1) is 0 Å². The minimum Gasteiger partial charge on any atom is -0.463 e. The van der Waals surface area contributed by atoms with Crippen LogP contribution in [0.2, 0.25) is 5.02 Å². The van der Waals surface area contributed by atoms with Crippen molar-refractivity contribution >= 4 is 35.2 Å². The summed E-state index contributed by atoms with van der Waals surface area (Å²) in [7, 11) is 0. The fourth-order valence-corrected chi connectivity index (χ4v) is 2.59. The van der Waals surface area contributed by atoms with Crippen molar-refractivity contribution in [3.63, 3.8) is 0 Å². The van der Waals surface area contributed by atoms with Gasteiger partial charge in [-0.3, -0.25) is 10.1 Å². The first-order valence-electron chi connectivity index (χ1n) is 9.23. The summed E-state index contributed by atoms with van der Waals surface area (Å²) in [6.45, 7) is -0.0876. The molecule has 2 aromatic rings. The SMILES string of the molecule is CCOC(=O)COC(=O)COC(=O)c1cc(Oc2ccc(C(F)(F)F)cc2Cl)ccc1[N+](=O)[O-]. The zero-order valence-electron chi connectivity index (χ0n) is 17.2. The quantitative estimate of drug-likeness (QED) is 0.211. The van der Waals surface area contributed by atoms with Crippen LogP contribution in [0.15, 0.2) is 36.4 Å². The second-order valence-corrected chi connectivity index (χ2v) is 6.63. The Bertz CT molecular complexity index is 1110. The van der Waals surface area contributed by atoms with Gasteiger partial charge in [0.2, 0.25) is 0 Å². The molecule has 0 saturated carbocycles. The van der Waals surface area contributed by atoms with Crippen LogP contribution in [0, 0.1) is 10.1 Å². The molecule has 0 aliphatic heterocycles. The summed E-state index contributed by atoms with van der Waals surface area (Å²) in [4.78, 5) is 45.4. The van der Waals surface area contributed by atoms with Crippen LogP contribution in [-0.2, 0) is 30.0 Å². The summed E-state index contributed by atoms with van der Waals surface area (Å²) >= 11 is 5.82. The van der Waals surface area contributed by atoms with E-state index in [1.54, 1.807) is 0 Å². The zero-order valence-corrected chi connectivity index (χ0v) is 18.0. The van der Waals surface area contributed by atoms with Gasteiger partial charge in [0.25, 0.3) is 5.69 Å². The Morgan fingerprint density at radius 1 is 1.00 bits per heavy atom. The number of benzene rings is 2. The molecule has 0 atom stereocenters. The van der Waals surface area contributed by atoms with Crippen molar-refractivity contribution in [2.24, 2.45) is 0 Å². The molecule has 0 heterocycles. The van der Waals surface area contributed by atoms with Gasteiger partial charge >= 0.3 is 24.1 Å². The summed E-state index contributed by atoms with van der Waals surface area (Å²) < 4.78 is 57.4. The third-order valence-corrected chi connectivity index (χ3v) is 4.14. The third-order valence-electron chi connectivity index (χ3n) is 3.85. The number of hydrogen-bond donors (Lipinski definition) is 0. The van der Waals surface area contributed by atoms with Crippen molar-refractivity contribution < 1.29 is 51.4 Å². The van der Waals surface area contributed by atoms with Crippen molar-refractivity contribution in [3.05, 3.63) is 62.7 Å². The number of alkyl halides is 3. The molecule has 0 aliphatic carbocycles. The Hall–Kier alpha value is -3.87. The second-order valence-electron chi connectivity index (χ2n) is 6.22. The van der Waals surface area contributed by atoms with E-state index in [0.717, 1.165) is 24.3 Å². The van der Waals surface area contributed by atoms with Crippen molar-refractivity contribution in [3.8, 4) is 11.5 Å². The minimum atomic E-state index is -4.64. The largest absolute Gasteiger partial charge is 0.463 e. The molecule has 0 unspecified atom stereocenters. The molecule has 2 rings (SSSR count). The van der Waals surface area contributed by atoms with E-state index < -0.39 is 64.1 Å². The molecular formula is C20H15ClF3NO9. The first kappa shape index (κ1) is 26.4. The Balaban J connectivity index is 2.15. The number of nitrogens with zero attached hydrogens (tertiary/aromatic N) is 1. The second kappa shape index (κ2) is 11.3. The van der Waals surface area contributed by atoms with E-state index >= 15 is 0 Å². The molecule has 0 spiro atoms. The summed E-state index contributed by atoms with van der Waals surface area (Å²) in [5.74, 6) is -3.66. The molecule has 0 bridgehead atoms. The smallest absolute Gasteiger partial charge is 0.416 e. The zero-order chi connectivity index (χ0) is 25.5. The fraction of sp³-hybridized carbons (Fsp3) is 0.250. The minimum absolute atomic E-state index is 0.0606. The van der Waals surface area contributed by atoms with E-state index in [0.29, 0.717) is 12.1 Å². The summed E-state index contributed by atoms with van der Waals surface area (Å²) in [6, 6.07) is 5.13. The van der Waals surface area contributed by atoms with Crippen molar-refractivity contribution in [1.29, 1.82) is 0 Å². The van der Waals surface area contributed by atoms with Crippen LogP contribution < -0.4 is 4.74 Å². The first-order valence-corrected chi connectivity index (χ1v) is 9.61. The lowest BCUT2D eigenvalue weighted by atomic mass is 10.1. The molecule has 0 radical (unpaired) electrons. The molecule has 10 nitrogen and oxygen atoms in total. The number of nitro benzene ring substituents is 1. The number of ether oxygens (including phenoxy) is 4. The summed E-state index contributed by atoms with van der Waals surface area (Å²) in [6.07, 6.45) is -4.64. The van der Waals surface area contributed by atoms with Gasteiger partial charge in [-0.05, 0) is 31.2 Å². The predicted molar refractivity (Wildman–Crippen MR) is 107 cm³/mol. The lowest BCUT2D eigenvalue weighted by Crippen LogP contribution is -2.21. The maximum atomic E-state index is 12.8. The Labute approximate surface area is 194 Å². The molecule has 34 heavy (non-hydrogen) atoms. The highest BCUT2D eigenvalue weighted by atomic mass is 35.5. The highest BCUT2D eigenvalue weighted by molar-refractivity contribution is 6.32. The number of nitro groups is 1. The van der Waals surface area contributed by atoms with Crippen LogP contribution in [0.5, 0.6) is 11.5 Å². The maximum Gasteiger partial charge on any atom is 0.416 e. The van der Waals surface area contributed by atoms with Crippen LogP contribution in [0.3, 0.4) is 0 Å². The van der Waals surface area contributed by atoms with Crippen LogP contribution in [0.25, 0.3) is 0 Å². The molecular weight excluding hydrogens is 491 g/mol. The molecule has 0 aromatic heterocycles. The molecule has 14 heteroatoms. The maximum absolute atomic E-state index is 12.8. The van der Waals surface area contributed by atoms with E-state index in [9.17, 15) is 37.7 Å². The van der Waals surface area contributed by atoms with E-state index in [2.05, 4.69) is 14.2 Å². The molecule has 0 amide bonds. The highest BCUT2D eigenvalue weighted by Crippen LogP contribution is 2.37. The van der Waals surface area contributed by atoms with Crippen LogP contribution >= 0.6 is 11.6 Å². The highest BCUT2D eigenvalue weighted by Gasteiger charge is 2.31. The molecule has 0 saturated heterocycles. The Morgan fingerprint density at radius 2 is 1.65 bits per heavy atom. The average Bonchev–Trinajstić information content (AvgIpc) is 2.76. The van der Waals surface area contributed by atoms with Gasteiger partial charge in [-0.25, -0.2) is 14.4 Å². The van der Waals surface area contributed by atoms with Crippen LogP contribution in [0.1, 0.15) is 22.8 Å². The topological polar surface area (TPSA) is 131 Å². The molecule has 0 fully saturated rings. The number of esters is 3. The molecule has 0 N–H and O–H groups in total. The molecule has 2 aromatic carbocycles. The van der Waals surface area contributed by atoms with Crippen LogP contribution in [-0.4, -0.2) is 42.7 Å². The average molecular weight is 506 g/mol. The monoisotopic (exact) mass is 505 g/mol. The number of carbonyl (C=O) groups is 3. The van der Waals surface area contributed by atoms with E-state index in [4.69, 9.17) is 16.3 Å². The van der Waals surface area contributed by atoms with Gasteiger partial charge < -0.3 is 18.9 Å². The van der Waals surface area contributed by atoms with Crippen LogP contribution in [0.4, 0.5) is 18.9 Å². The fourth-order valence-electron chi connectivity index (χ4n) is 2.37. The molecule has 0 aliphatic rings. The van der Waals surface area contributed by atoms with Gasteiger partial charge in [0.15, 0.2) is 13.2 Å². The van der Waals surface area contributed by atoms with Gasteiger partial charge in [-0.1, -0.05) is 11.6 Å². The van der Waals surface area contributed by atoms with Crippen molar-refractivity contribution in [2.45, 2.75) is 13.1 Å². The number of hydrogen-bond acceptors (Lipinski definition) is 9. The summed E-state index contributed by atoms with van der Waals surface area (Å²) in [5.41, 5.74) is -2.34. The Morgan fingerprint density at radius 3 is 2.24 bits per heavy atom.